The highest BCUT2D eigenvalue weighted by atomic mass is 16.6. The molecule has 0 aliphatic carbocycles. The van der Waals surface area contributed by atoms with Gasteiger partial charge < -0.3 is 14.2 Å². The smallest absolute Gasteiger partial charge is 0.306 e. The number of carbonyl (C=O) groups excluding carboxylic acids is 3. The molecular formula is C67H114O6. The van der Waals surface area contributed by atoms with Crippen molar-refractivity contribution < 1.29 is 28.6 Å². The second-order valence-electron chi connectivity index (χ2n) is 20.2. The Hall–Kier alpha value is -3.67. The first-order valence-electron chi connectivity index (χ1n) is 30.7. The highest BCUT2D eigenvalue weighted by molar-refractivity contribution is 5.71. The number of unbranched alkanes of at least 4 members (excludes halogenated alkanes) is 28. The molecule has 0 aliphatic heterocycles. The van der Waals surface area contributed by atoms with Gasteiger partial charge in [-0.25, -0.2) is 0 Å². The molecule has 0 aliphatic rings. The van der Waals surface area contributed by atoms with Gasteiger partial charge in [0, 0.05) is 19.3 Å². The first-order chi connectivity index (χ1) is 36.0. The second kappa shape index (κ2) is 60.9. The van der Waals surface area contributed by atoms with Gasteiger partial charge in [-0.15, -0.1) is 0 Å². The molecule has 1 atom stereocenters. The lowest BCUT2D eigenvalue weighted by atomic mass is 10.1. The van der Waals surface area contributed by atoms with E-state index in [0.29, 0.717) is 19.3 Å². The first kappa shape index (κ1) is 69.3. The quantitative estimate of drug-likeness (QED) is 0.0261. The van der Waals surface area contributed by atoms with Crippen molar-refractivity contribution in [3.05, 3.63) is 97.2 Å². The molecule has 0 heterocycles. The molecule has 0 rings (SSSR count). The molecule has 6 nitrogen and oxygen atoms in total. The van der Waals surface area contributed by atoms with Crippen LogP contribution < -0.4 is 0 Å². The van der Waals surface area contributed by atoms with E-state index in [-0.39, 0.29) is 31.1 Å². The Balaban J connectivity index is 4.48. The normalized spacial score (nSPS) is 12.8. The van der Waals surface area contributed by atoms with Crippen LogP contribution in [-0.2, 0) is 28.6 Å². The predicted octanol–water partition coefficient (Wildman–Crippen LogP) is 20.9. The van der Waals surface area contributed by atoms with Gasteiger partial charge in [-0.1, -0.05) is 240 Å². The molecule has 0 aromatic rings. The summed E-state index contributed by atoms with van der Waals surface area (Å²) in [5, 5.41) is 0. The van der Waals surface area contributed by atoms with Gasteiger partial charge in [-0.05, 0) is 128 Å². The maximum absolute atomic E-state index is 12.9. The largest absolute Gasteiger partial charge is 0.462 e. The van der Waals surface area contributed by atoms with Gasteiger partial charge in [0.15, 0.2) is 6.10 Å². The van der Waals surface area contributed by atoms with Gasteiger partial charge in [0.1, 0.15) is 13.2 Å². The average Bonchev–Trinajstić information content (AvgIpc) is 3.39. The highest BCUT2D eigenvalue weighted by Crippen LogP contribution is 2.15. The second-order valence-corrected chi connectivity index (χ2v) is 20.2. The molecule has 0 saturated carbocycles. The number of ether oxygens (including phenoxy) is 3. The van der Waals surface area contributed by atoms with E-state index in [9.17, 15) is 14.4 Å². The Morgan fingerprint density at radius 2 is 0.493 bits per heavy atom. The van der Waals surface area contributed by atoms with E-state index in [2.05, 4.69) is 118 Å². The number of rotatable bonds is 55. The molecular weight excluding hydrogens is 901 g/mol. The van der Waals surface area contributed by atoms with Crippen LogP contribution in [0, 0.1) is 0 Å². The minimum atomic E-state index is -0.803. The van der Waals surface area contributed by atoms with E-state index in [4.69, 9.17) is 14.2 Å². The number of hydrogen-bond donors (Lipinski definition) is 0. The summed E-state index contributed by atoms with van der Waals surface area (Å²) in [6.07, 6.45) is 81.1. The van der Waals surface area contributed by atoms with E-state index < -0.39 is 6.10 Å². The fraction of sp³-hybridized carbons (Fsp3) is 0.716. The highest BCUT2D eigenvalue weighted by Gasteiger charge is 2.19. The van der Waals surface area contributed by atoms with Crippen molar-refractivity contribution in [3.8, 4) is 0 Å². The van der Waals surface area contributed by atoms with Crippen LogP contribution in [0.3, 0.4) is 0 Å². The van der Waals surface area contributed by atoms with Crippen molar-refractivity contribution >= 4 is 17.9 Å². The van der Waals surface area contributed by atoms with E-state index in [1.807, 2.05) is 0 Å². The van der Waals surface area contributed by atoms with Crippen LogP contribution in [-0.4, -0.2) is 37.2 Å². The zero-order valence-electron chi connectivity index (χ0n) is 47.9. The summed E-state index contributed by atoms with van der Waals surface area (Å²) in [4.78, 5) is 38.3. The van der Waals surface area contributed by atoms with Gasteiger partial charge >= 0.3 is 17.9 Å². The Bertz CT molecular complexity index is 1440. The average molecular weight is 1020 g/mol. The molecule has 0 aromatic carbocycles. The Labute approximate surface area is 451 Å². The number of hydrogen-bond acceptors (Lipinski definition) is 6. The van der Waals surface area contributed by atoms with Crippen LogP contribution in [0.25, 0.3) is 0 Å². The first-order valence-corrected chi connectivity index (χ1v) is 30.7. The molecule has 6 heteroatoms. The van der Waals surface area contributed by atoms with Crippen molar-refractivity contribution in [2.75, 3.05) is 13.2 Å². The summed E-state index contributed by atoms with van der Waals surface area (Å²) in [5.41, 5.74) is 0. The summed E-state index contributed by atoms with van der Waals surface area (Å²) < 4.78 is 16.9. The summed E-state index contributed by atoms with van der Waals surface area (Å²) in [6, 6.07) is 0. The number of esters is 3. The Morgan fingerprint density at radius 3 is 0.822 bits per heavy atom. The van der Waals surface area contributed by atoms with E-state index in [1.54, 1.807) is 0 Å². The summed E-state index contributed by atoms with van der Waals surface area (Å²) in [6.45, 7) is 6.55. The number of allylic oxidation sites excluding steroid dienone is 16. The fourth-order valence-electron chi connectivity index (χ4n) is 8.37. The molecule has 0 unspecified atom stereocenters. The van der Waals surface area contributed by atoms with Crippen molar-refractivity contribution in [1.29, 1.82) is 0 Å². The van der Waals surface area contributed by atoms with Gasteiger partial charge in [0.2, 0.25) is 0 Å². The van der Waals surface area contributed by atoms with Gasteiger partial charge in [-0.2, -0.15) is 0 Å². The van der Waals surface area contributed by atoms with Crippen LogP contribution in [0.1, 0.15) is 290 Å². The topological polar surface area (TPSA) is 78.9 Å². The van der Waals surface area contributed by atoms with Crippen LogP contribution in [0.4, 0.5) is 0 Å². The maximum atomic E-state index is 12.9. The van der Waals surface area contributed by atoms with Crippen LogP contribution in [0.5, 0.6) is 0 Å². The van der Waals surface area contributed by atoms with Gasteiger partial charge in [-0.3, -0.25) is 14.4 Å². The molecule has 0 radical (unpaired) electrons. The van der Waals surface area contributed by atoms with Crippen molar-refractivity contribution in [3.63, 3.8) is 0 Å². The standard InChI is InChI=1S/C67H114O6/c1-4-7-10-13-16-19-22-25-28-31-33-36-39-42-45-48-51-54-57-60-66(69)72-63-64(62-71-65(68)59-56-53-50-47-44-41-38-35-30-27-24-21-18-15-12-9-6-3)73-67(70)61-58-55-52-49-46-43-40-37-34-32-29-26-23-20-17-14-11-8-5-2/h16,18-19,21,25-30,33,36,38,41-42,45,64H,4-15,17,20,22-24,31-32,34-35,37,39-40,43-44,46-63H2,1-3H3/b19-16-,21-18-,28-25-,29-26-,30-27-,36-33-,41-38-,45-42-/t64-/m0/s1. The molecule has 418 valence electrons. The van der Waals surface area contributed by atoms with Crippen LogP contribution >= 0.6 is 0 Å². The van der Waals surface area contributed by atoms with Crippen LogP contribution in [0.15, 0.2) is 97.2 Å². The third kappa shape index (κ3) is 59.1. The van der Waals surface area contributed by atoms with E-state index >= 15 is 0 Å². The fourth-order valence-corrected chi connectivity index (χ4v) is 8.37. The third-order valence-corrected chi connectivity index (χ3v) is 13.0. The van der Waals surface area contributed by atoms with Crippen molar-refractivity contribution in [2.24, 2.45) is 0 Å². The third-order valence-electron chi connectivity index (χ3n) is 13.0. The minimum absolute atomic E-state index is 0.100. The summed E-state index contributed by atoms with van der Waals surface area (Å²) in [7, 11) is 0. The van der Waals surface area contributed by atoms with Crippen molar-refractivity contribution in [1.82, 2.24) is 0 Å². The van der Waals surface area contributed by atoms with E-state index in [1.165, 1.54) is 141 Å². The SMILES string of the molecule is CCCCC/C=C\C/C=C\C/C=C\C/C=C\CCCCCC(=O)OC[C@H](COC(=O)CCCCCC/C=C\C/C=C\C/C=C\CCCCC)OC(=O)CCCCCCCCCCC/C=C\CCCCCCCC. The molecule has 0 spiro atoms. The van der Waals surface area contributed by atoms with Crippen LogP contribution in [0.2, 0.25) is 0 Å². The molecule has 0 aromatic heterocycles. The number of carbonyl (C=O) groups is 3. The molecule has 0 bridgehead atoms. The summed E-state index contributed by atoms with van der Waals surface area (Å²) >= 11 is 0. The zero-order valence-corrected chi connectivity index (χ0v) is 47.9. The maximum Gasteiger partial charge on any atom is 0.306 e. The van der Waals surface area contributed by atoms with Crippen molar-refractivity contribution in [2.45, 2.75) is 297 Å². The monoisotopic (exact) mass is 1010 g/mol. The molecule has 73 heavy (non-hydrogen) atoms. The minimum Gasteiger partial charge on any atom is -0.462 e. The molecule has 0 N–H and O–H groups in total. The van der Waals surface area contributed by atoms with Gasteiger partial charge in [0.25, 0.3) is 0 Å². The Kier molecular flexibility index (Phi) is 57.8. The lowest BCUT2D eigenvalue weighted by Gasteiger charge is -2.18. The van der Waals surface area contributed by atoms with Gasteiger partial charge in [0.05, 0.1) is 0 Å². The molecule has 0 amide bonds. The molecule has 0 fully saturated rings. The Morgan fingerprint density at radius 1 is 0.274 bits per heavy atom. The van der Waals surface area contributed by atoms with E-state index in [0.717, 1.165) is 109 Å². The lowest BCUT2D eigenvalue weighted by Crippen LogP contribution is -2.30. The predicted molar refractivity (Wildman–Crippen MR) is 316 cm³/mol. The summed E-state index contributed by atoms with van der Waals surface area (Å²) in [5.74, 6) is -0.946. The molecule has 0 saturated heterocycles. The zero-order chi connectivity index (χ0) is 52.9. The lowest BCUT2D eigenvalue weighted by molar-refractivity contribution is -0.167.